The molecule has 0 radical (unpaired) electrons. The summed E-state index contributed by atoms with van der Waals surface area (Å²) in [7, 11) is 0. The summed E-state index contributed by atoms with van der Waals surface area (Å²) in [5.41, 5.74) is 1.16. The van der Waals surface area contributed by atoms with Gasteiger partial charge in [0.2, 0.25) is 0 Å². The van der Waals surface area contributed by atoms with E-state index in [9.17, 15) is 9.90 Å². The van der Waals surface area contributed by atoms with Crippen molar-refractivity contribution in [3.63, 3.8) is 0 Å². The Morgan fingerprint density at radius 2 is 1.79 bits per heavy atom. The van der Waals surface area contributed by atoms with Crippen molar-refractivity contribution in [1.29, 1.82) is 0 Å². The van der Waals surface area contributed by atoms with Crippen LogP contribution in [0.3, 0.4) is 0 Å². The second-order valence-electron chi connectivity index (χ2n) is 6.07. The molecule has 1 aliphatic heterocycles. The zero-order valence-electron chi connectivity index (χ0n) is 13.2. The molecule has 0 spiro atoms. The van der Waals surface area contributed by atoms with Gasteiger partial charge in [-0.05, 0) is 55.8 Å². The number of benzene rings is 1. The van der Waals surface area contributed by atoms with Crippen LogP contribution in [0.25, 0.3) is 11.0 Å². The summed E-state index contributed by atoms with van der Waals surface area (Å²) in [5, 5.41) is 11.4. The smallest absolute Gasteiger partial charge is 0.345 e. The Balaban J connectivity index is 1.95. The molecule has 1 aromatic carbocycles. The highest BCUT2D eigenvalue weighted by Gasteiger charge is 2.31. The largest absolute Gasteiger partial charge is 0.507 e. The molecule has 1 aliphatic rings. The molecular formula is C19H18N2O3. The first kappa shape index (κ1) is 14.9. The van der Waals surface area contributed by atoms with Crippen LogP contribution in [0.15, 0.2) is 58.0 Å². The van der Waals surface area contributed by atoms with Crippen molar-refractivity contribution in [1.82, 2.24) is 9.88 Å². The van der Waals surface area contributed by atoms with Gasteiger partial charge in [0.25, 0.3) is 0 Å². The molecule has 1 saturated heterocycles. The van der Waals surface area contributed by atoms with Crippen LogP contribution in [0.4, 0.5) is 0 Å². The average Bonchev–Trinajstić information content (AvgIpc) is 3.13. The minimum Gasteiger partial charge on any atom is -0.507 e. The van der Waals surface area contributed by atoms with E-state index in [0.29, 0.717) is 16.5 Å². The van der Waals surface area contributed by atoms with Gasteiger partial charge >= 0.3 is 5.63 Å². The van der Waals surface area contributed by atoms with Crippen molar-refractivity contribution in [2.24, 2.45) is 0 Å². The Morgan fingerprint density at radius 1 is 1.08 bits per heavy atom. The summed E-state index contributed by atoms with van der Waals surface area (Å²) in [6, 6.07) is 10.5. The van der Waals surface area contributed by atoms with Crippen LogP contribution in [0.1, 0.15) is 30.0 Å². The second kappa shape index (κ2) is 6.09. The lowest BCUT2D eigenvalue weighted by Gasteiger charge is -2.28. The van der Waals surface area contributed by atoms with Crippen molar-refractivity contribution in [2.75, 3.05) is 13.1 Å². The fourth-order valence-corrected chi connectivity index (χ4v) is 3.49. The molecule has 0 amide bonds. The third kappa shape index (κ3) is 2.47. The number of aromatic hydroxyl groups is 1. The van der Waals surface area contributed by atoms with Gasteiger partial charge in [0, 0.05) is 12.4 Å². The number of hydrogen-bond donors (Lipinski definition) is 1. The molecule has 1 atom stereocenters. The summed E-state index contributed by atoms with van der Waals surface area (Å²) in [4.78, 5) is 18.9. The molecular weight excluding hydrogens is 304 g/mol. The highest BCUT2D eigenvalue weighted by Crippen LogP contribution is 2.37. The summed E-state index contributed by atoms with van der Waals surface area (Å²) in [6.45, 7) is 1.78. The topological polar surface area (TPSA) is 66.6 Å². The number of rotatable bonds is 3. The van der Waals surface area contributed by atoms with E-state index in [1.807, 2.05) is 18.2 Å². The van der Waals surface area contributed by atoms with Gasteiger partial charge < -0.3 is 9.52 Å². The van der Waals surface area contributed by atoms with E-state index >= 15 is 0 Å². The predicted molar refractivity (Wildman–Crippen MR) is 91.0 cm³/mol. The average molecular weight is 322 g/mol. The van der Waals surface area contributed by atoms with E-state index in [1.165, 1.54) is 0 Å². The SMILES string of the molecule is O=c1oc2ccccc2c(O)c1C(c1ccncc1)N1CCCC1. The van der Waals surface area contributed by atoms with Crippen molar-refractivity contribution in [2.45, 2.75) is 18.9 Å². The Morgan fingerprint density at radius 3 is 2.54 bits per heavy atom. The Bertz CT molecular complexity index is 915. The first-order valence-electron chi connectivity index (χ1n) is 8.14. The maximum atomic E-state index is 12.7. The highest BCUT2D eigenvalue weighted by atomic mass is 16.4. The van der Waals surface area contributed by atoms with Crippen molar-refractivity contribution < 1.29 is 9.52 Å². The summed E-state index contributed by atoms with van der Waals surface area (Å²) in [6.07, 6.45) is 5.58. The van der Waals surface area contributed by atoms with Crippen molar-refractivity contribution in [3.8, 4) is 5.75 Å². The van der Waals surface area contributed by atoms with Gasteiger partial charge in [0.15, 0.2) is 0 Å². The van der Waals surface area contributed by atoms with Gasteiger partial charge in [-0.15, -0.1) is 0 Å². The zero-order chi connectivity index (χ0) is 16.5. The molecule has 5 heteroatoms. The number of fused-ring (bicyclic) bond motifs is 1. The fourth-order valence-electron chi connectivity index (χ4n) is 3.49. The van der Waals surface area contributed by atoms with Crippen LogP contribution in [0, 0.1) is 0 Å². The van der Waals surface area contributed by atoms with Crippen LogP contribution in [0.5, 0.6) is 5.75 Å². The molecule has 0 bridgehead atoms. The maximum Gasteiger partial charge on any atom is 0.345 e. The van der Waals surface area contributed by atoms with Gasteiger partial charge in [-0.1, -0.05) is 12.1 Å². The van der Waals surface area contributed by atoms with E-state index in [0.717, 1.165) is 31.5 Å². The van der Waals surface area contributed by atoms with Crippen molar-refractivity contribution in [3.05, 3.63) is 70.3 Å². The second-order valence-corrected chi connectivity index (χ2v) is 6.07. The third-order valence-corrected chi connectivity index (χ3v) is 4.62. The lowest BCUT2D eigenvalue weighted by Crippen LogP contribution is -2.30. The number of likely N-dealkylation sites (tertiary alicyclic amines) is 1. The van der Waals surface area contributed by atoms with Crippen LogP contribution in [0.2, 0.25) is 0 Å². The molecule has 1 unspecified atom stereocenters. The van der Waals surface area contributed by atoms with Crippen LogP contribution in [-0.2, 0) is 0 Å². The Hall–Kier alpha value is -2.66. The lowest BCUT2D eigenvalue weighted by atomic mass is 9.97. The number of para-hydroxylation sites is 1. The highest BCUT2D eigenvalue weighted by molar-refractivity contribution is 5.84. The van der Waals surface area contributed by atoms with E-state index < -0.39 is 5.63 Å². The molecule has 122 valence electrons. The quantitative estimate of drug-likeness (QED) is 0.751. The van der Waals surface area contributed by atoms with E-state index in [1.54, 1.807) is 30.6 Å². The predicted octanol–water partition coefficient (Wildman–Crippen LogP) is 3.08. The molecule has 1 fully saturated rings. The van der Waals surface area contributed by atoms with Gasteiger partial charge in [-0.3, -0.25) is 9.88 Å². The normalized spacial score (nSPS) is 16.5. The molecule has 3 aromatic rings. The first-order chi connectivity index (χ1) is 11.8. The Kier molecular flexibility index (Phi) is 3.78. The number of hydrogen-bond acceptors (Lipinski definition) is 5. The maximum absolute atomic E-state index is 12.7. The van der Waals surface area contributed by atoms with E-state index in [4.69, 9.17) is 4.42 Å². The molecule has 4 rings (SSSR count). The molecule has 5 nitrogen and oxygen atoms in total. The monoisotopic (exact) mass is 322 g/mol. The summed E-state index contributed by atoms with van der Waals surface area (Å²) >= 11 is 0. The molecule has 2 aromatic heterocycles. The first-order valence-corrected chi connectivity index (χ1v) is 8.14. The number of pyridine rings is 1. The van der Waals surface area contributed by atoms with Crippen LogP contribution in [-0.4, -0.2) is 28.1 Å². The minimum atomic E-state index is -0.486. The van der Waals surface area contributed by atoms with Crippen LogP contribution >= 0.6 is 0 Å². The summed E-state index contributed by atoms with van der Waals surface area (Å²) in [5.74, 6) is 0.00978. The van der Waals surface area contributed by atoms with E-state index in [2.05, 4.69) is 9.88 Å². The van der Waals surface area contributed by atoms with Gasteiger partial charge in [-0.25, -0.2) is 4.79 Å². The molecule has 3 heterocycles. The van der Waals surface area contributed by atoms with Gasteiger partial charge in [0.1, 0.15) is 16.9 Å². The molecule has 0 aliphatic carbocycles. The van der Waals surface area contributed by atoms with E-state index in [-0.39, 0.29) is 11.8 Å². The lowest BCUT2D eigenvalue weighted by molar-refractivity contribution is 0.269. The fraction of sp³-hybridized carbons (Fsp3) is 0.263. The molecule has 24 heavy (non-hydrogen) atoms. The molecule has 0 saturated carbocycles. The summed E-state index contributed by atoms with van der Waals surface area (Å²) < 4.78 is 5.48. The third-order valence-electron chi connectivity index (χ3n) is 4.62. The van der Waals surface area contributed by atoms with Crippen molar-refractivity contribution >= 4 is 11.0 Å². The number of nitrogens with zero attached hydrogens (tertiary/aromatic N) is 2. The Labute approximate surface area is 139 Å². The zero-order valence-corrected chi connectivity index (χ0v) is 13.2. The number of aromatic nitrogens is 1. The van der Waals surface area contributed by atoms with Crippen LogP contribution < -0.4 is 5.63 Å². The van der Waals surface area contributed by atoms with Gasteiger partial charge in [0.05, 0.1) is 11.4 Å². The molecule has 1 N–H and O–H groups in total. The standard InChI is InChI=1S/C19H18N2O3/c22-18-14-5-1-2-6-15(14)24-19(23)16(18)17(21-11-3-4-12-21)13-7-9-20-10-8-13/h1-2,5-10,17,22H,3-4,11-12H2. The van der Waals surface area contributed by atoms with Gasteiger partial charge in [-0.2, -0.15) is 0 Å². The minimum absolute atomic E-state index is 0.00978.